The largest absolute Gasteiger partial charge is 0.497 e. The first kappa shape index (κ1) is 24.3. The van der Waals surface area contributed by atoms with E-state index in [0.717, 1.165) is 55.7 Å². The Bertz CT molecular complexity index is 981. The smallest absolute Gasteiger partial charge is 0.191 e. The quantitative estimate of drug-likeness (QED) is 0.256. The van der Waals surface area contributed by atoms with Crippen LogP contribution in [0.1, 0.15) is 30.1 Å². The van der Waals surface area contributed by atoms with E-state index in [-0.39, 0.29) is 30.0 Å². The van der Waals surface area contributed by atoms with Crippen LogP contribution >= 0.6 is 24.0 Å². The van der Waals surface area contributed by atoms with Crippen molar-refractivity contribution in [3.8, 4) is 5.75 Å². The minimum absolute atomic E-state index is 0. The Morgan fingerprint density at radius 3 is 2.75 bits per heavy atom. The second kappa shape index (κ2) is 12.1. The fraction of sp³-hybridized carbons (Fsp3) is 0.417. The molecule has 32 heavy (non-hydrogen) atoms. The molecule has 1 unspecified atom stereocenters. The fourth-order valence-electron chi connectivity index (χ4n) is 4.19. The summed E-state index contributed by atoms with van der Waals surface area (Å²) in [6, 6.07) is 14.7. The highest BCUT2D eigenvalue weighted by Crippen LogP contribution is 2.27. The Morgan fingerprint density at radius 1 is 1.16 bits per heavy atom. The molecule has 0 aliphatic carbocycles. The number of fused-ring (bicyclic) bond motifs is 1. The highest BCUT2D eigenvalue weighted by molar-refractivity contribution is 14.0. The monoisotopic (exact) mass is 548 g/mol. The summed E-state index contributed by atoms with van der Waals surface area (Å²) in [5, 5.41) is 6.95. The summed E-state index contributed by atoms with van der Waals surface area (Å²) in [4.78, 5) is 11.6. The summed E-state index contributed by atoms with van der Waals surface area (Å²) in [5.41, 5.74) is 3.32. The van der Waals surface area contributed by atoms with Crippen molar-refractivity contribution in [2.75, 3.05) is 40.3 Å². The highest BCUT2D eigenvalue weighted by Gasteiger charge is 2.24. The standard InChI is InChI=1S/C24H32N6O.HI/c1-25-24(26-12-11-20-18-30-15-4-3-10-23(30)28-20)27-17-22(29-13-5-6-14-29)19-8-7-9-21(16-19)31-2;/h3-4,7-10,15-16,18,22H,5-6,11-14,17H2,1-2H3,(H2,25,26,27);1H. The number of methoxy groups -OCH3 is 1. The van der Waals surface area contributed by atoms with Crippen LogP contribution in [0.5, 0.6) is 5.75 Å². The number of pyridine rings is 1. The summed E-state index contributed by atoms with van der Waals surface area (Å²) in [5.74, 6) is 1.72. The number of halogens is 1. The summed E-state index contributed by atoms with van der Waals surface area (Å²) < 4.78 is 7.50. The van der Waals surface area contributed by atoms with E-state index in [1.54, 1.807) is 7.11 Å². The minimum atomic E-state index is 0. The number of hydrogen-bond acceptors (Lipinski definition) is 4. The van der Waals surface area contributed by atoms with Gasteiger partial charge in [-0.25, -0.2) is 4.98 Å². The minimum Gasteiger partial charge on any atom is -0.497 e. The van der Waals surface area contributed by atoms with Gasteiger partial charge >= 0.3 is 0 Å². The van der Waals surface area contributed by atoms with Crippen molar-refractivity contribution < 1.29 is 4.74 Å². The van der Waals surface area contributed by atoms with Crippen molar-refractivity contribution >= 4 is 35.6 Å². The van der Waals surface area contributed by atoms with Gasteiger partial charge in [0.2, 0.25) is 0 Å². The second-order valence-corrected chi connectivity index (χ2v) is 7.86. The molecule has 1 aliphatic heterocycles. The van der Waals surface area contributed by atoms with Crippen LogP contribution in [0, 0.1) is 0 Å². The molecule has 4 rings (SSSR count). The molecule has 0 saturated carbocycles. The zero-order valence-electron chi connectivity index (χ0n) is 18.8. The van der Waals surface area contributed by atoms with Gasteiger partial charge in [-0.3, -0.25) is 9.89 Å². The SMILES string of the molecule is CN=C(NCCc1cn2ccccc2n1)NCC(c1cccc(OC)c1)N1CCCC1.I. The van der Waals surface area contributed by atoms with Gasteiger partial charge in [-0.15, -0.1) is 24.0 Å². The number of ether oxygens (including phenoxy) is 1. The van der Waals surface area contributed by atoms with Crippen molar-refractivity contribution in [2.45, 2.75) is 25.3 Å². The van der Waals surface area contributed by atoms with E-state index in [1.807, 2.05) is 37.5 Å². The van der Waals surface area contributed by atoms with Crippen molar-refractivity contribution in [2.24, 2.45) is 4.99 Å². The predicted octanol–water partition coefficient (Wildman–Crippen LogP) is 3.51. The van der Waals surface area contributed by atoms with Crippen LogP contribution in [0.15, 0.2) is 59.9 Å². The number of rotatable bonds is 8. The average Bonchev–Trinajstić information content (AvgIpc) is 3.48. The molecular formula is C24H33IN6O. The van der Waals surface area contributed by atoms with Gasteiger partial charge in [0.05, 0.1) is 18.8 Å². The number of guanidine groups is 1. The molecule has 1 aromatic carbocycles. The van der Waals surface area contributed by atoms with Crippen molar-refractivity contribution in [3.05, 3.63) is 66.1 Å². The molecular weight excluding hydrogens is 515 g/mol. The number of aliphatic imine (C=N–C) groups is 1. The van der Waals surface area contributed by atoms with E-state index in [4.69, 9.17) is 4.74 Å². The maximum atomic E-state index is 5.45. The summed E-state index contributed by atoms with van der Waals surface area (Å²) in [6.07, 6.45) is 7.46. The van der Waals surface area contributed by atoms with Gasteiger partial charge in [0.25, 0.3) is 0 Å². The molecule has 1 fully saturated rings. The van der Waals surface area contributed by atoms with Crippen LogP contribution in [0.2, 0.25) is 0 Å². The summed E-state index contributed by atoms with van der Waals surface area (Å²) >= 11 is 0. The molecule has 3 heterocycles. The molecule has 2 aromatic heterocycles. The lowest BCUT2D eigenvalue weighted by atomic mass is 10.1. The normalized spacial score (nSPS) is 15.4. The maximum Gasteiger partial charge on any atom is 0.191 e. The zero-order valence-corrected chi connectivity index (χ0v) is 21.2. The number of benzene rings is 1. The molecule has 172 valence electrons. The third-order valence-electron chi connectivity index (χ3n) is 5.83. The van der Waals surface area contributed by atoms with Gasteiger partial charge < -0.3 is 19.8 Å². The Hall–Kier alpha value is -2.33. The lowest BCUT2D eigenvalue weighted by Crippen LogP contribution is -2.43. The predicted molar refractivity (Wildman–Crippen MR) is 140 cm³/mol. The van der Waals surface area contributed by atoms with Gasteiger partial charge in [0.15, 0.2) is 5.96 Å². The number of likely N-dealkylation sites (tertiary alicyclic amines) is 1. The van der Waals surface area contributed by atoms with E-state index in [1.165, 1.54) is 18.4 Å². The lowest BCUT2D eigenvalue weighted by Gasteiger charge is -2.29. The Kier molecular flexibility index (Phi) is 9.16. The zero-order chi connectivity index (χ0) is 21.5. The first-order valence-electron chi connectivity index (χ1n) is 11.0. The van der Waals surface area contributed by atoms with Crippen LogP contribution in [0.4, 0.5) is 0 Å². The third kappa shape index (κ3) is 6.13. The molecule has 7 nitrogen and oxygen atoms in total. The summed E-state index contributed by atoms with van der Waals surface area (Å²) in [7, 11) is 3.54. The van der Waals surface area contributed by atoms with Crippen LogP contribution < -0.4 is 15.4 Å². The molecule has 1 aliphatic rings. The van der Waals surface area contributed by atoms with E-state index in [2.05, 4.69) is 54.3 Å². The topological polar surface area (TPSA) is 66.2 Å². The van der Waals surface area contributed by atoms with Crippen molar-refractivity contribution in [1.29, 1.82) is 0 Å². The molecule has 2 N–H and O–H groups in total. The van der Waals surface area contributed by atoms with Gasteiger partial charge in [0.1, 0.15) is 11.4 Å². The van der Waals surface area contributed by atoms with Crippen LogP contribution in [0.3, 0.4) is 0 Å². The Balaban J connectivity index is 0.00000289. The second-order valence-electron chi connectivity index (χ2n) is 7.86. The fourth-order valence-corrected chi connectivity index (χ4v) is 4.19. The number of nitrogens with zero attached hydrogens (tertiary/aromatic N) is 4. The van der Waals surface area contributed by atoms with Gasteiger partial charge in [0, 0.05) is 39.0 Å². The van der Waals surface area contributed by atoms with Crippen LogP contribution in [-0.4, -0.2) is 60.6 Å². The van der Waals surface area contributed by atoms with E-state index in [0.29, 0.717) is 0 Å². The molecule has 0 radical (unpaired) electrons. The van der Waals surface area contributed by atoms with Crippen LogP contribution in [-0.2, 0) is 6.42 Å². The Morgan fingerprint density at radius 2 is 2.00 bits per heavy atom. The molecule has 8 heteroatoms. The number of hydrogen-bond donors (Lipinski definition) is 2. The average molecular weight is 548 g/mol. The third-order valence-corrected chi connectivity index (χ3v) is 5.83. The van der Waals surface area contributed by atoms with E-state index >= 15 is 0 Å². The highest BCUT2D eigenvalue weighted by atomic mass is 127. The van der Waals surface area contributed by atoms with E-state index < -0.39 is 0 Å². The molecule has 3 aromatic rings. The molecule has 1 atom stereocenters. The van der Waals surface area contributed by atoms with Gasteiger partial charge in [-0.05, 0) is 55.8 Å². The van der Waals surface area contributed by atoms with Crippen molar-refractivity contribution in [1.82, 2.24) is 24.9 Å². The molecule has 0 bridgehead atoms. The Labute approximate surface area is 207 Å². The number of aromatic nitrogens is 2. The van der Waals surface area contributed by atoms with E-state index in [9.17, 15) is 0 Å². The molecule has 1 saturated heterocycles. The lowest BCUT2D eigenvalue weighted by molar-refractivity contribution is 0.245. The van der Waals surface area contributed by atoms with Crippen LogP contribution in [0.25, 0.3) is 5.65 Å². The van der Waals surface area contributed by atoms with Gasteiger partial charge in [-0.1, -0.05) is 18.2 Å². The first-order valence-corrected chi connectivity index (χ1v) is 11.0. The van der Waals surface area contributed by atoms with Gasteiger partial charge in [-0.2, -0.15) is 0 Å². The first-order chi connectivity index (χ1) is 15.3. The molecule has 0 amide bonds. The number of imidazole rings is 1. The summed E-state index contributed by atoms with van der Waals surface area (Å²) in [6.45, 7) is 3.82. The number of nitrogens with one attached hydrogen (secondary N) is 2. The maximum absolute atomic E-state index is 5.45. The van der Waals surface area contributed by atoms with Crippen molar-refractivity contribution in [3.63, 3.8) is 0 Å². The molecule has 0 spiro atoms.